The quantitative estimate of drug-likeness (QED) is 0.823. The Kier molecular flexibility index (Phi) is 4.01. The number of carbonyl (C=O) groups excluding carboxylic acids is 1. The molecule has 0 aliphatic rings. The van der Waals surface area contributed by atoms with Gasteiger partial charge >= 0.3 is 0 Å². The number of amides is 1. The van der Waals surface area contributed by atoms with Gasteiger partial charge < -0.3 is 11.1 Å². The second-order valence-corrected chi connectivity index (χ2v) is 5.02. The highest BCUT2D eigenvalue weighted by atomic mass is 79.9. The molecule has 0 spiro atoms. The van der Waals surface area contributed by atoms with Crippen LogP contribution in [-0.4, -0.2) is 15.9 Å². The lowest BCUT2D eigenvalue weighted by molar-refractivity contribution is 0.102. The molecule has 5 nitrogen and oxygen atoms in total. The summed E-state index contributed by atoms with van der Waals surface area (Å²) in [5.41, 5.74) is 7.56. The van der Waals surface area contributed by atoms with Crippen LogP contribution >= 0.6 is 27.5 Å². The van der Waals surface area contributed by atoms with Crippen molar-refractivity contribution >= 4 is 44.8 Å². The lowest BCUT2D eigenvalue weighted by atomic mass is 10.2. The molecule has 0 atom stereocenters. The average Bonchev–Trinajstić information content (AvgIpc) is 2.35. The first-order valence-corrected chi connectivity index (χ1v) is 6.50. The summed E-state index contributed by atoms with van der Waals surface area (Å²) in [4.78, 5) is 20.1. The van der Waals surface area contributed by atoms with Crippen molar-refractivity contribution in [1.82, 2.24) is 9.97 Å². The summed E-state index contributed by atoms with van der Waals surface area (Å²) in [5.74, 6) is -0.353. The Morgan fingerprint density at radius 1 is 1.47 bits per heavy atom. The molecule has 1 amide bonds. The molecule has 2 rings (SSSR count). The first-order chi connectivity index (χ1) is 8.97. The Labute approximate surface area is 123 Å². The molecule has 19 heavy (non-hydrogen) atoms. The van der Waals surface area contributed by atoms with Gasteiger partial charge in [-0.1, -0.05) is 11.6 Å². The molecular weight excluding hydrogens is 332 g/mol. The normalized spacial score (nSPS) is 10.3. The smallest absolute Gasteiger partial charge is 0.257 e. The van der Waals surface area contributed by atoms with Gasteiger partial charge in [0.25, 0.3) is 5.91 Å². The lowest BCUT2D eigenvalue weighted by Crippen LogP contribution is -2.15. The number of nitrogen functional groups attached to an aromatic ring is 1. The van der Waals surface area contributed by atoms with Crippen LogP contribution < -0.4 is 11.1 Å². The van der Waals surface area contributed by atoms with Crippen LogP contribution in [0.2, 0.25) is 5.15 Å². The van der Waals surface area contributed by atoms with Gasteiger partial charge in [0.15, 0.2) is 0 Å². The van der Waals surface area contributed by atoms with Crippen LogP contribution in [0.15, 0.2) is 29.0 Å². The van der Waals surface area contributed by atoms with Crippen molar-refractivity contribution in [2.75, 3.05) is 11.1 Å². The molecule has 0 saturated carbocycles. The van der Waals surface area contributed by atoms with E-state index in [0.717, 1.165) is 0 Å². The number of pyridine rings is 2. The Morgan fingerprint density at radius 3 is 2.89 bits per heavy atom. The molecule has 98 valence electrons. The summed E-state index contributed by atoms with van der Waals surface area (Å²) in [5, 5.41) is 2.95. The monoisotopic (exact) mass is 340 g/mol. The van der Waals surface area contributed by atoms with Gasteiger partial charge in [-0.3, -0.25) is 4.79 Å². The van der Waals surface area contributed by atoms with Crippen molar-refractivity contribution in [3.05, 3.63) is 45.4 Å². The zero-order valence-electron chi connectivity index (χ0n) is 9.95. The van der Waals surface area contributed by atoms with E-state index < -0.39 is 0 Å². The van der Waals surface area contributed by atoms with Crippen LogP contribution in [-0.2, 0) is 0 Å². The molecule has 0 aromatic carbocycles. The van der Waals surface area contributed by atoms with Gasteiger partial charge in [-0.2, -0.15) is 0 Å². The summed E-state index contributed by atoms with van der Waals surface area (Å²) in [6.07, 6.45) is 1.35. The molecule has 0 radical (unpaired) electrons. The minimum absolute atomic E-state index is 0.213. The van der Waals surface area contributed by atoms with Crippen LogP contribution in [0.1, 0.15) is 16.1 Å². The predicted octanol–water partition coefficient (Wildman–Crippen LogP) is 3.04. The number of halogens is 2. The number of nitrogens with zero attached hydrogens (tertiary/aromatic N) is 2. The second-order valence-electron chi connectivity index (χ2n) is 3.82. The van der Waals surface area contributed by atoms with E-state index in [2.05, 4.69) is 31.2 Å². The van der Waals surface area contributed by atoms with Crippen LogP contribution in [0.3, 0.4) is 0 Å². The van der Waals surface area contributed by atoms with Crippen molar-refractivity contribution in [3.63, 3.8) is 0 Å². The van der Waals surface area contributed by atoms with Gasteiger partial charge in [0, 0.05) is 0 Å². The largest absolute Gasteiger partial charge is 0.397 e. The number of anilines is 2. The minimum Gasteiger partial charge on any atom is -0.397 e. The maximum atomic E-state index is 12.1. The van der Waals surface area contributed by atoms with Gasteiger partial charge in [-0.05, 0) is 41.1 Å². The van der Waals surface area contributed by atoms with Crippen LogP contribution in [0.5, 0.6) is 0 Å². The highest BCUT2D eigenvalue weighted by Gasteiger charge is 2.12. The molecule has 7 heteroatoms. The van der Waals surface area contributed by atoms with Crippen LogP contribution in [0.25, 0.3) is 0 Å². The van der Waals surface area contributed by atoms with E-state index in [4.69, 9.17) is 17.3 Å². The molecule has 2 aromatic heterocycles. The third-order valence-corrected chi connectivity index (χ3v) is 3.09. The zero-order valence-corrected chi connectivity index (χ0v) is 12.3. The van der Waals surface area contributed by atoms with Gasteiger partial charge in [0.2, 0.25) is 0 Å². The van der Waals surface area contributed by atoms with Crippen molar-refractivity contribution < 1.29 is 4.79 Å². The summed E-state index contributed by atoms with van der Waals surface area (Å²) in [6, 6.07) is 4.92. The second kappa shape index (κ2) is 5.54. The lowest BCUT2D eigenvalue weighted by Gasteiger charge is -2.09. The van der Waals surface area contributed by atoms with E-state index in [0.29, 0.717) is 16.0 Å². The van der Waals surface area contributed by atoms with E-state index in [1.807, 2.05) is 0 Å². The molecule has 2 heterocycles. The number of carbonyl (C=O) groups is 1. The fraction of sp³-hybridized carbons (Fsp3) is 0.0833. The topological polar surface area (TPSA) is 80.9 Å². The van der Waals surface area contributed by atoms with Crippen LogP contribution in [0.4, 0.5) is 11.4 Å². The Hall–Kier alpha value is -1.66. The molecule has 0 aliphatic heterocycles. The summed E-state index contributed by atoms with van der Waals surface area (Å²) in [7, 11) is 0. The fourth-order valence-corrected chi connectivity index (χ4v) is 2.05. The molecule has 0 saturated heterocycles. The van der Waals surface area contributed by atoms with Gasteiger partial charge in [-0.15, -0.1) is 0 Å². The Morgan fingerprint density at radius 2 is 2.21 bits per heavy atom. The number of nitrogens with one attached hydrogen (secondary N) is 1. The standard InChI is InChI=1S/C12H10BrClN4O/c1-6-9(2-3-10(13)17-6)18-12(19)7-4-11(14)16-5-8(7)15/h2-5H,15H2,1H3,(H,18,19). The van der Waals surface area contributed by atoms with E-state index in [-0.39, 0.29) is 22.3 Å². The number of nitrogens with two attached hydrogens (primary N) is 1. The first kappa shape index (κ1) is 13.8. The number of aromatic nitrogens is 2. The van der Waals surface area contributed by atoms with Gasteiger partial charge in [-0.25, -0.2) is 9.97 Å². The SMILES string of the molecule is Cc1nc(Br)ccc1NC(=O)c1cc(Cl)ncc1N. The molecule has 0 unspecified atom stereocenters. The molecule has 3 N–H and O–H groups in total. The molecule has 0 aliphatic carbocycles. The van der Waals surface area contributed by atoms with Gasteiger partial charge in [0.1, 0.15) is 9.76 Å². The first-order valence-electron chi connectivity index (χ1n) is 5.33. The van der Waals surface area contributed by atoms with Gasteiger partial charge in [0.05, 0.1) is 28.8 Å². The maximum Gasteiger partial charge on any atom is 0.257 e. The van der Waals surface area contributed by atoms with Crippen molar-refractivity contribution in [2.24, 2.45) is 0 Å². The highest BCUT2D eigenvalue weighted by molar-refractivity contribution is 9.10. The number of hydrogen-bond donors (Lipinski definition) is 2. The number of hydrogen-bond acceptors (Lipinski definition) is 4. The summed E-state index contributed by atoms with van der Waals surface area (Å²) < 4.78 is 0.703. The van der Waals surface area contributed by atoms with E-state index in [1.165, 1.54) is 12.3 Å². The fourth-order valence-electron chi connectivity index (χ4n) is 1.49. The van der Waals surface area contributed by atoms with Crippen LogP contribution in [0, 0.1) is 6.92 Å². The van der Waals surface area contributed by atoms with Crippen molar-refractivity contribution in [1.29, 1.82) is 0 Å². The predicted molar refractivity (Wildman–Crippen MR) is 78.3 cm³/mol. The highest BCUT2D eigenvalue weighted by Crippen LogP contribution is 2.20. The Bertz CT molecular complexity index is 648. The summed E-state index contributed by atoms with van der Waals surface area (Å²) >= 11 is 9.01. The number of aryl methyl sites for hydroxylation is 1. The summed E-state index contributed by atoms with van der Waals surface area (Å²) in [6.45, 7) is 1.79. The Balaban J connectivity index is 2.28. The number of rotatable bonds is 2. The molecule has 0 bridgehead atoms. The maximum absolute atomic E-state index is 12.1. The molecular formula is C12H10BrClN4O. The van der Waals surface area contributed by atoms with E-state index in [9.17, 15) is 4.79 Å². The van der Waals surface area contributed by atoms with Crippen molar-refractivity contribution in [2.45, 2.75) is 6.92 Å². The third-order valence-electron chi connectivity index (χ3n) is 2.45. The zero-order chi connectivity index (χ0) is 14.0. The average molecular weight is 342 g/mol. The van der Waals surface area contributed by atoms with E-state index in [1.54, 1.807) is 19.1 Å². The van der Waals surface area contributed by atoms with Crippen molar-refractivity contribution in [3.8, 4) is 0 Å². The minimum atomic E-state index is -0.353. The van der Waals surface area contributed by atoms with E-state index >= 15 is 0 Å². The molecule has 2 aromatic rings. The third kappa shape index (κ3) is 3.21. The molecule has 0 fully saturated rings.